The molecule has 0 N–H and O–H groups in total. The lowest BCUT2D eigenvalue weighted by molar-refractivity contribution is 0.00578. The second kappa shape index (κ2) is 4.52. The van der Waals surface area contributed by atoms with Crippen LogP contribution in [0.3, 0.4) is 0 Å². The van der Waals surface area contributed by atoms with Crippen LogP contribution in [0.2, 0.25) is 0 Å². The van der Waals surface area contributed by atoms with Crippen molar-refractivity contribution in [3.63, 3.8) is 0 Å². The summed E-state index contributed by atoms with van der Waals surface area (Å²) in [5, 5.41) is 3.46. The van der Waals surface area contributed by atoms with Crippen LogP contribution in [0, 0.1) is 5.82 Å². The molecule has 1 aromatic carbocycles. The second-order valence-corrected chi connectivity index (χ2v) is 5.48. The van der Waals surface area contributed by atoms with Crippen molar-refractivity contribution in [1.82, 2.24) is 0 Å². The minimum absolute atomic E-state index is 0.239. The number of azide groups is 1. The predicted octanol–water partition coefficient (Wildman–Crippen LogP) is 3.07. The van der Waals surface area contributed by atoms with Crippen molar-refractivity contribution in [2.75, 3.05) is 0 Å². The quantitative estimate of drug-likeness (QED) is 0.356. The van der Waals surface area contributed by atoms with Gasteiger partial charge in [-0.1, -0.05) is 5.11 Å². The van der Waals surface area contributed by atoms with Gasteiger partial charge in [0.2, 0.25) is 0 Å². The van der Waals surface area contributed by atoms with Crippen molar-refractivity contribution in [3.8, 4) is 0 Å². The van der Waals surface area contributed by atoms with Gasteiger partial charge in [0, 0.05) is 16.1 Å². The lowest BCUT2D eigenvalue weighted by atomic mass is 9.78. The van der Waals surface area contributed by atoms with E-state index >= 15 is 0 Å². The summed E-state index contributed by atoms with van der Waals surface area (Å²) in [6.45, 7) is 7.56. The topological polar surface area (TPSA) is 67.2 Å². The van der Waals surface area contributed by atoms with Crippen LogP contribution in [0.4, 0.5) is 10.1 Å². The SMILES string of the molecule is CC1(C)OB(c2cc(N=[N+]=[N-])ccc2F)OC1(C)C. The van der Waals surface area contributed by atoms with Crippen molar-refractivity contribution in [1.29, 1.82) is 0 Å². The molecule has 2 rings (SSSR count). The van der Waals surface area contributed by atoms with Gasteiger partial charge in [0.1, 0.15) is 5.82 Å². The van der Waals surface area contributed by atoms with Gasteiger partial charge in [-0.15, -0.1) is 0 Å². The molecule has 0 spiro atoms. The second-order valence-electron chi connectivity index (χ2n) is 5.48. The molecule has 0 amide bonds. The zero-order valence-electron chi connectivity index (χ0n) is 11.3. The van der Waals surface area contributed by atoms with Crippen LogP contribution in [0.15, 0.2) is 23.3 Å². The molecule has 1 aromatic rings. The molecular formula is C12H15BFN3O2. The first kappa shape index (κ1) is 13.9. The summed E-state index contributed by atoms with van der Waals surface area (Å²) in [5.74, 6) is -0.449. The van der Waals surface area contributed by atoms with Crippen LogP contribution in [0.1, 0.15) is 27.7 Å². The standard InChI is InChI=1S/C12H15BFN3O2/c1-11(2)12(3,4)19-13(18-11)9-7-8(16-17-15)5-6-10(9)14/h5-7H,1-4H3. The fourth-order valence-corrected chi connectivity index (χ4v) is 1.80. The van der Waals surface area contributed by atoms with Crippen LogP contribution in [0.25, 0.3) is 10.4 Å². The summed E-state index contributed by atoms with van der Waals surface area (Å²) in [4.78, 5) is 2.68. The van der Waals surface area contributed by atoms with Crippen LogP contribution >= 0.6 is 0 Å². The lowest BCUT2D eigenvalue weighted by Gasteiger charge is -2.32. The van der Waals surface area contributed by atoms with Crippen molar-refractivity contribution >= 4 is 18.3 Å². The third kappa shape index (κ3) is 2.45. The number of hydrogen-bond donors (Lipinski definition) is 0. The molecule has 0 aliphatic carbocycles. The highest BCUT2D eigenvalue weighted by molar-refractivity contribution is 6.62. The van der Waals surface area contributed by atoms with E-state index in [-0.39, 0.29) is 5.46 Å². The van der Waals surface area contributed by atoms with E-state index in [1.165, 1.54) is 18.2 Å². The van der Waals surface area contributed by atoms with Gasteiger partial charge in [-0.25, -0.2) is 4.39 Å². The summed E-state index contributed by atoms with van der Waals surface area (Å²) in [6, 6.07) is 4.09. The summed E-state index contributed by atoms with van der Waals surface area (Å²) in [7, 11) is -0.807. The maximum absolute atomic E-state index is 13.9. The average Bonchev–Trinajstić information content (AvgIpc) is 2.51. The summed E-state index contributed by atoms with van der Waals surface area (Å²) >= 11 is 0. The van der Waals surface area contributed by atoms with Gasteiger partial charge in [-0.2, -0.15) is 0 Å². The molecule has 1 aliphatic rings. The minimum atomic E-state index is -0.807. The molecule has 0 bridgehead atoms. The van der Waals surface area contributed by atoms with Gasteiger partial charge in [0.15, 0.2) is 0 Å². The van der Waals surface area contributed by atoms with Crippen molar-refractivity contribution in [2.24, 2.45) is 5.11 Å². The maximum Gasteiger partial charge on any atom is 0.497 e. The molecule has 1 saturated heterocycles. The van der Waals surface area contributed by atoms with Crippen molar-refractivity contribution in [2.45, 2.75) is 38.9 Å². The maximum atomic E-state index is 13.9. The lowest BCUT2D eigenvalue weighted by Crippen LogP contribution is -2.41. The molecule has 0 atom stereocenters. The highest BCUT2D eigenvalue weighted by Gasteiger charge is 2.52. The number of benzene rings is 1. The summed E-state index contributed by atoms with van der Waals surface area (Å²) < 4.78 is 25.4. The van der Waals surface area contributed by atoms with Crippen LogP contribution in [0.5, 0.6) is 0 Å². The third-order valence-electron chi connectivity index (χ3n) is 3.65. The summed E-state index contributed by atoms with van der Waals surface area (Å²) in [6.07, 6.45) is 0. The molecule has 7 heteroatoms. The number of hydrogen-bond acceptors (Lipinski definition) is 3. The number of rotatable bonds is 2. The van der Waals surface area contributed by atoms with E-state index in [0.29, 0.717) is 5.69 Å². The van der Waals surface area contributed by atoms with Crippen LogP contribution in [-0.4, -0.2) is 18.3 Å². The zero-order valence-corrected chi connectivity index (χ0v) is 11.3. The minimum Gasteiger partial charge on any atom is -0.399 e. The first-order valence-electron chi connectivity index (χ1n) is 5.97. The van der Waals surface area contributed by atoms with Gasteiger partial charge in [-0.05, 0) is 51.4 Å². The Morgan fingerprint density at radius 1 is 1.21 bits per heavy atom. The Hall–Kier alpha value is -1.56. The van der Waals surface area contributed by atoms with E-state index in [1.54, 1.807) is 0 Å². The fraction of sp³-hybridized carbons (Fsp3) is 0.500. The Kier molecular flexibility index (Phi) is 3.30. The smallest absolute Gasteiger partial charge is 0.399 e. The van der Waals surface area contributed by atoms with Gasteiger partial charge in [0.25, 0.3) is 0 Å². The van der Waals surface area contributed by atoms with Crippen LogP contribution in [-0.2, 0) is 9.31 Å². The van der Waals surface area contributed by atoms with Gasteiger partial charge in [0.05, 0.1) is 11.2 Å². The first-order chi connectivity index (χ1) is 8.77. The van der Waals surface area contributed by atoms with Gasteiger partial charge < -0.3 is 9.31 Å². The van der Waals surface area contributed by atoms with E-state index in [9.17, 15) is 4.39 Å². The van der Waals surface area contributed by atoms with E-state index in [0.717, 1.165) is 0 Å². The first-order valence-corrected chi connectivity index (χ1v) is 5.97. The molecule has 19 heavy (non-hydrogen) atoms. The van der Waals surface area contributed by atoms with E-state index in [2.05, 4.69) is 10.0 Å². The number of nitrogens with zero attached hydrogens (tertiary/aromatic N) is 3. The normalized spacial score (nSPS) is 20.2. The third-order valence-corrected chi connectivity index (χ3v) is 3.65. The van der Waals surface area contributed by atoms with Crippen molar-refractivity contribution in [3.05, 3.63) is 34.5 Å². The molecule has 100 valence electrons. The Morgan fingerprint density at radius 3 is 2.32 bits per heavy atom. The predicted molar refractivity (Wildman–Crippen MR) is 70.9 cm³/mol. The van der Waals surface area contributed by atoms with E-state index in [1.807, 2.05) is 27.7 Å². The molecule has 0 radical (unpaired) electrons. The van der Waals surface area contributed by atoms with Crippen LogP contribution < -0.4 is 5.46 Å². The Labute approximate surface area is 111 Å². The van der Waals surface area contributed by atoms with E-state index < -0.39 is 24.1 Å². The molecule has 1 aliphatic heterocycles. The highest BCUT2D eigenvalue weighted by Crippen LogP contribution is 2.36. The monoisotopic (exact) mass is 263 g/mol. The average molecular weight is 263 g/mol. The molecule has 5 nitrogen and oxygen atoms in total. The largest absolute Gasteiger partial charge is 0.497 e. The molecule has 1 heterocycles. The Balaban J connectivity index is 2.38. The number of halogens is 1. The van der Waals surface area contributed by atoms with E-state index in [4.69, 9.17) is 14.8 Å². The van der Waals surface area contributed by atoms with Gasteiger partial charge in [-0.3, -0.25) is 0 Å². The molecule has 0 aromatic heterocycles. The Morgan fingerprint density at radius 2 is 1.79 bits per heavy atom. The molecular weight excluding hydrogens is 248 g/mol. The highest BCUT2D eigenvalue weighted by atomic mass is 19.1. The fourth-order valence-electron chi connectivity index (χ4n) is 1.80. The van der Waals surface area contributed by atoms with Gasteiger partial charge >= 0.3 is 7.12 Å². The summed E-state index contributed by atoms with van der Waals surface area (Å²) in [5.41, 5.74) is 7.89. The molecule has 0 unspecified atom stereocenters. The zero-order chi connectivity index (χ0) is 14.3. The molecule has 0 saturated carbocycles. The Bertz CT molecular complexity index is 540. The molecule has 1 fully saturated rings. The van der Waals surface area contributed by atoms with Crippen molar-refractivity contribution < 1.29 is 13.7 Å².